The second-order valence-corrected chi connectivity index (χ2v) is 8.82. The van der Waals surface area contributed by atoms with E-state index in [-0.39, 0.29) is 36.2 Å². The molecule has 168 valence electrons. The number of ether oxygens (including phenoxy) is 2. The second-order valence-electron chi connectivity index (χ2n) is 8.82. The average molecular weight is 530 g/mol. The first-order valence-corrected chi connectivity index (χ1v) is 10.5. The van der Waals surface area contributed by atoms with Crippen molar-refractivity contribution in [2.75, 3.05) is 33.2 Å². The van der Waals surface area contributed by atoms with E-state index < -0.39 is 5.60 Å². The number of likely N-dealkylation sites (tertiary alicyclic amines) is 1. The quantitative estimate of drug-likeness (QED) is 0.355. The third kappa shape index (κ3) is 7.21. The van der Waals surface area contributed by atoms with Crippen LogP contribution in [-0.2, 0) is 11.2 Å². The Kier molecular flexibility index (Phi) is 9.06. The van der Waals surface area contributed by atoms with Crippen LogP contribution in [0.5, 0.6) is 5.75 Å². The first-order valence-electron chi connectivity index (χ1n) is 10.5. The molecule has 7 nitrogen and oxygen atoms in total. The van der Waals surface area contributed by atoms with Crippen molar-refractivity contribution >= 4 is 36.0 Å². The molecule has 1 fully saturated rings. The molecule has 0 bridgehead atoms. The summed E-state index contributed by atoms with van der Waals surface area (Å²) in [5.41, 5.74) is 0.794. The van der Waals surface area contributed by atoms with Gasteiger partial charge >= 0.3 is 6.09 Å². The Morgan fingerprint density at radius 3 is 2.70 bits per heavy atom. The molecule has 1 saturated heterocycles. The largest absolute Gasteiger partial charge is 0.488 e. The molecule has 1 aromatic carbocycles. The van der Waals surface area contributed by atoms with Gasteiger partial charge in [0.2, 0.25) is 0 Å². The fourth-order valence-electron chi connectivity index (χ4n) is 3.76. The highest BCUT2D eigenvalue weighted by atomic mass is 127. The van der Waals surface area contributed by atoms with Crippen LogP contribution >= 0.6 is 24.0 Å². The zero-order valence-corrected chi connectivity index (χ0v) is 20.8. The fraction of sp³-hybridized carbons (Fsp3) is 0.636. The zero-order chi connectivity index (χ0) is 20.9. The predicted molar refractivity (Wildman–Crippen MR) is 130 cm³/mol. The molecule has 2 aliphatic heterocycles. The number of carbonyl (C=O) groups is 1. The van der Waals surface area contributed by atoms with E-state index in [1.54, 1.807) is 7.05 Å². The highest BCUT2D eigenvalue weighted by Gasteiger charge is 2.28. The van der Waals surface area contributed by atoms with E-state index in [1.165, 1.54) is 5.56 Å². The molecule has 0 aliphatic carbocycles. The molecule has 1 amide bonds. The van der Waals surface area contributed by atoms with Gasteiger partial charge in [0.05, 0.1) is 6.54 Å². The van der Waals surface area contributed by atoms with E-state index in [0.717, 1.165) is 44.1 Å². The van der Waals surface area contributed by atoms with E-state index in [0.29, 0.717) is 19.0 Å². The Bertz CT molecular complexity index is 710. The SMILES string of the molecule is CN=C(NCC1CCCN(C(=O)OC(C)(C)C)C1)NCC1Cc2ccccc2O1.I. The number of piperidine rings is 1. The minimum atomic E-state index is -0.462. The van der Waals surface area contributed by atoms with Crippen molar-refractivity contribution in [2.24, 2.45) is 10.9 Å². The van der Waals surface area contributed by atoms with Crippen molar-refractivity contribution in [3.8, 4) is 5.75 Å². The second kappa shape index (κ2) is 11.1. The molecule has 2 N–H and O–H groups in total. The number of carbonyl (C=O) groups excluding carboxylic acids is 1. The minimum absolute atomic E-state index is 0. The van der Waals surface area contributed by atoms with E-state index in [4.69, 9.17) is 9.47 Å². The van der Waals surface area contributed by atoms with Gasteiger partial charge in [-0.15, -0.1) is 24.0 Å². The number of hydrogen-bond donors (Lipinski definition) is 2. The number of nitrogens with zero attached hydrogens (tertiary/aromatic N) is 2. The molecule has 2 aliphatic rings. The molecule has 1 aromatic rings. The number of fused-ring (bicyclic) bond motifs is 1. The number of aliphatic imine (C=N–C) groups is 1. The number of para-hydroxylation sites is 1. The summed E-state index contributed by atoms with van der Waals surface area (Å²) < 4.78 is 11.5. The van der Waals surface area contributed by atoms with Gasteiger partial charge in [0, 0.05) is 33.1 Å². The van der Waals surface area contributed by atoms with Crippen molar-refractivity contribution < 1.29 is 14.3 Å². The Labute approximate surface area is 197 Å². The maximum atomic E-state index is 12.3. The van der Waals surface area contributed by atoms with Gasteiger partial charge in [0.15, 0.2) is 5.96 Å². The highest BCUT2D eigenvalue weighted by molar-refractivity contribution is 14.0. The third-order valence-electron chi connectivity index (χ3n) is 5.16. The van der Waals surface area contributed by atoms with Crippen LogP contribution < -0.4 is 15.4 Å². The van der Waals surface area contributed by atoms with Gasteiger partial charge in [-0.05, 0) is 51.2 Å². The number of nitrogens with one attached hydrogen (secondary N) is 2. The number of amides is 1. The van der Waals surface area contributed by atoms with Crippen molar-refractivity contribution in [1.82, 2.24) is 15.5 Å². The molecule has 0 aromatic heterocycles. The van der Waals surface area contributed by atoms with E-state index in [2.05, 4.69) is 21.7 Å². The van der Waals surface area contributed by atoms with Crippen molar-refractivity contribution in [1.29, 1.82) is 0 Å². The van der Waals surface area contributed by atoms with Gasteiger partial charge in [-0.2, -0.15) is 0 Å². The monoisotopic (exact) mass is 530 g/mol. The van der Waals surface area contributed by atoms with Crippen molar-refractivity contribution in [3.63, 3.8) is 0 Å². The molecule has 2 atom stereocenters. The number of hydrogen-bond acceptors (Lipinski definition) is 4. The molecular weight excluding hydrogens is 495 g/mol. The number of rotatable bonds is 4. The summed E-state index contributed by atoms with van der Waals surface area (Å²) in [5, 5.41) is 6.76. The van der Waals surface area contributed by atoms with Gasteiger partial charge < -0.3 is 25.0 Å². The first-order chi connectivity index (χ1) is 13.8. The first kappa shape index (κ1) is 24.6. The fourth-order valence-corrected chi connectivity index (χ4v) is 3.76. The zero-order valence-electron chi connectivity index (χ0n) is 18.4. The lowest BCUT2D eigenvalue weighted by atomic mass is 9.98. The van der Waals surface area contributed by atoms with Gasteiger partial charge in [-0.25, -0.2) is 4.79 Å². The van der Waals surface area contributed by atoms with Crippen molar-refractivity contribution in [3.05, 3.63) is 29.8 Å². The molecule has 30 heavy (non-hydrogen) atoms. The number of halogens is 1. The smallest absolute Gasteiger partial charge is 0.410 e. The van der Waals surface area contributed by atoms with Gasteiger partial charge in [-0.1, -0.05) is 18.2 Å². The van der Waals surface area contributed by atoms with Gasteiger partial charge in [0.25, 0.3) is 0 Å². The topological polar surface area (TPSA) is 75.2 Å². The van der Waals surface area contributed by atoms with Crippen LogP contribution in [0.3, 0.4) is 0 Å². The van der Waals surface area contributed by atoms with Crippen LogP contribution in [0.25, 0.3) is 0 Å². The Balaban J connectivity index is 0.00000320. The summed E-state index contributed by atoms with van der Waals surface area (Å²) in [7, 11) is 1.77. The number of benzene rings is 1. The van der Waals surface area contributed by atoms with Crippen LogP contribution in [0.1, 0.15) is 39.2 Å². The maximum absolute atomic E-state index is 12.3. The lowest BCUT2D eigenvalue weighted by molar-refractivity contribution is 0.0168. The average Bonchev–Trinajstić information content (AvgIpc) is 3.10. The Morgan fingerprint density at radius 1 is 1.27 bits per heavy atom. The summed E-state index contributed by atoms with van der Waals surface area (Å²) in [4.78, 5) is 18.5. The number of guanidine groups is 1. The van der Waals surface area contributed by atoms with E-state index >= 15 is 0 Å². The maximum Gasteiger partial charge on any atom is 0.410 e. The Hall–Kier alpha value is -1.71. The summed E-state index contributed by atoms with van der Waals surface area (Å²) >= 11 is 0. The van der Waals surface area contributed by atoms with Gasteiger partial charge in [-0.3, -0.25) is 4.99 Å². The summed E-state index contributed by atoms with van der Waals surface area (Å²) in [6.07, 6.45) is 2.88. The van der Waals surface area contributed by atoms with E-state index in [1.807, 2.05) is 43.9 Å². The Morgan fingerprint density at radius 2 is 2.00 bits per heavy atom. The lowest BCUT2D eigenvalue weighted by Gasteiger charge is -2.34. The summed E-state index contributed by atoms with van der Waals surface area (Å²) in [6, 6.07) is 8.17. The molecule has 3 rings (SSSR count). The van der Waals surface area contributed by atoms with Crippen molar-refractivity contribution in [2.45, 2.75) is 51.7 Å². The van der Waals surface area contributed by atoms with E-state index in [9.17, 15) is 4.79 Å². The minimum Gasteiger partial charge on any atom is -0.488 e. The third-order valence-corrected chi connectivity index (χ3v) is 5.16. The van der Waals surface area contributed by atoms with Crippen LogP contribution in [0.15, 0.2) is 29.3 Å². The molecule has 2 unspecified atom stereocenters. The molecule has 0 saturated carbocycles. The summed E-state index contributed by atoms with van der Waals surface area (Å²) in [5.74, 6) is 2.12. The molecule has 0 radical (unpaired) electrons. The van der Waals surface area contributed by atoms with Crippen LogP contribution in [0.2, 0.25) is 0 Å². The summed E-state index contributed by atoms with van der Waals surface area (Å²) in [6.45, 7) is 8.63. The molecular formula is C22H35IN4O3. The van der Waals surface area contributed by atoms with Gasteiger partial charge in [0.1, 0.15) is 17.5 Å². The van der Waals surface area contributed by atoms with Crippen LogP contribution in [-0.4, -0.2) is 61.9 Å². The predicted octanol–water partition coefficient (Wildman–Crippen LogP) is 3.42. The molecule has 0 spiro atoms. The van der Waals surface area contributed by atoms with Crippen LogP contribution in [0.4, 0.5) is 4.79 Å². The lowest BCUT2D eigenvalue weighted by Crippen LogP contribution is -2.48. The standard InChI is InChI=1S/C22H34N4O3.HI/c1-22(2,3)29-21(27)26-11-7-8-16(15-26)13-24-20(23-4)25-14-18-12-17-9-5-6-10-19(17)28-18;/h5-6,9-10,16,18H,7-8,11-15H2,1-4H3,(H2,23,24,25);1H. The highest BCUT2D eigenvalue weighted by Crippen LogP contribution is 2.27. The molecule has 2 heterocycles. The molecule has 8 heteroatoms. The van der Waals surface area contributed by atoms with Crippen LogP contribution in [0, 0.1) is 5.92 Å². The normalized spacial score (nSPS) is 21.2.